The van der Waals surface area contributed by atoms with Crippen LogP contribution in [0.25, 0.3) is 0 Å². The Morgan fingerprint density at radius 1 is 0.870 bits per heavy atom. The zero-order valence-electron chi connectivity index (χ0n) is 13.8. The number of nitrogens with one attached hydrogen (secondary N) is 1. The molecule has 1 N–H and O–H groups in total. The molecule has 2 heteroatoms. The van der Waals surface area contributed by atoms with E-state index >= 15 is 0 Å². The third-order valence-corrected chi connectivity index (χ3v) is 4.71. The van der Waals surface area contributed by atoms with Gasteiger partial charge in [-0.1, -0.05) is 48.9 Å². The van der Waals surface area contributed by atoms with Gasteiger partial charge in [0.2, 0.25) is 0 Å². The Hall–Kier alpha value is -1.80. The first-order valence-electron chi connectivity index (χ1n) is 8.86. The van der Waals surface area contributed by atoms with Gasteiger partial charge < -0.3 is 10.1 Å². The highest BCUT2D eigenvalue weighted by Gasteiger charge is 2.12. The quantitative estimate of drug-likeness (QED) is 0.808. The van der Waals surface area contributed by atoms with Crippen molar-refractivity contribution < 1.29 is 4.74 Å². The molecule has 2 nitrogen and oxygen atoms in total. The van der Waals surface area contributed by atoms with Crippen molar-refractivity contribution in [3.63, 3.8) is 0 Å². The molecule has 0 bridgehead atoms. The maximum absolute atomic E-state index is 5.84. The first-order valence-corrected chi connectivity index (χ1v) is 8.86. The summed E-state index contributed by atoms with van der Waals surface area (Å²) >= 11 is 0. The first kappa shape index (κ1) is 16.1. The number of rotatable bonds is 7. The van der Waals surface area contributed by atoms with Crippen molar-refractivity contribution in [3.05, 3.63) is 65.7 Å². The predicted molar refractivity (Wildman–Crippen MR) is 95.7 cm³/mol. The lowest BCUT2D eigenvalue weighted by atomic mass is 9.91. The Labute approximate surface area is 139 Å². The van der Waals surface area contributed by atoms with E-state index in [1.165, 1.54) is 56.3 Å². The molecule has 0 saturated carbocycles. The van der Waals surface area contributed by atoms with Gasteiger partial charge in [0.1, 0.15) is 12.4 Å². The van der Waals surface area contributed by atoms with E-state index in [4.69, 9.17) is 4.74 Å². The molecule has 0 aliphatic carbocycles. The average molecular weight is 309 g/mol. The van der Waals surface area contributed by atoms with Crippen LogP contribution in [0, 0.1) is 5.92 Å². The van der Waals surface area contributed by atoms with Crippen LogP contribution < -0.4 is 10.1 Å². The van der Waals surface area contributed by atoms with E-state index in [0.29, 0.717) is 6.61 Å². The van der Waals surface area contributed by atoms with Crippen molar-refractivity contribution >= 4 is 0 Å². The summed E-state index contributed by atoms with van der Waals surface area (Å²) in [6.45, 7) is 3.05. The second kappa shape index (κ2) is 8.73. The maximum Gasteiger partial charge on any atom is 0.119 e. The number of aryl methyl sites for hydroxylation is 1. The van der Waals surface area contributed by atoms with E-state index < -0.39 is 0 Å². The fraction of sp³-hybridized carbons (Fsp3) is 0.429. The van der Waals surface area contributed by atoms with Crippen LogP contribution in [0.3, 0.4) is 0 Å². The third kappa shape index (κ3) is 5.40. The minimum atomic E-state index is 0.635. The van der Waals surface area contributed by atoms with Gasteiger partial charge in [0.15, 0.2) is 0 Å². The zero-order valence-corrected chi connectivity index (χ0v) is 13.8. The summed E-state index contributed by atoms with van der Waals surface area (Å²) < 4.78 is 5.84. The molecule has 0 aromatic heterocycles. The molecule has 0 amide bonds. The minimum absolute atomic E-state index is 0.635. The lowest BCUT2D eigenvalue weighted by molar-refractivity contribution is 0.306. The molecule has 2 aromatic rings. The summed E-state index contributed by atoms with van der Waals surface area (Å²) in [4.78, 5) is 0. The van der Waals surface area contributed by atoms with E-state index in [2.05, 4.69) is 41.7 Å². The molecule has 1 fully saturated rings. The summed E-state index contributed by atoms with van der Waals surface area (Å²) in [6.07, 6.45) is 6.56. The maximum atomic E-state index is 5.84. The van der Waals surface area contributed by atoms with Crippen molar-refractivity contribution in [2.75, 3.05) is 13.1 Å². The number of benzene rings is 2. The lowest BCUT2D eigenvalue weighted by Crippen LogP contribution is -2.27. The van der Waals surface area contributed by atoms with Crippen molar-refractivity contribution in [2.24, 2.45) is 5.92 Å². The molecular weight excluding hydrogens is 282 g/mol. The summed E-state index contributed by atoms with van der Waals surface area (Å²) in [5.41, 5.74) is 2.63. The van der Waals surface area contributed by atoms with Gasteiger partial charge >= 0.3 is 0 Å². The average Bonchev–Trinajstić information content (AvgIpc) is 2.63. The number of hydrogen-bond acceptors (Lipinski definition) is 2. The molecule has 0 radical (unpaired) electrons. The topological polar surface area (TPSA) is 21.3 Å². The van der Waals surface area contributed by atoms with Crippen LogP contribution in [0.5, 0.6) is 5.75 Å². The van der Waals surface area contributed by atoms with E-state index in [-0.39, 0.29) is 0 Å². The Kier molecular flexibility index (Phi) is 6.10. The standard InChI is InChI=1S/C21H27NO/c1-2-5-20(6-3-1)17-23-21-11-9-18(10-12-21)7-4-8-19-13-15-22-16-14-19/h1-3,5-6,9-12,19,22H,4,7-8,13-17H2. The normalized spacial score (nSPS) is 15.5. The molecule has 0 unspecified atom stereocenters. The third-order valence-electron chi connectivity index (χ3n) is 4.71. The van der Waals surface area contributed by atoms with Crippen molar-refractivity contribution in [2.45, 2.75) is 38.7 Å². The SMILES string of the molecule is c1ccc(COc2ccc(CCCC3CCNCC3)cc2)cc1. The van der Waals surface area contributed by atoms with E-state index in [0.717, 1.165) is 11.7 Å². The smallest absolute Gasteiger partial charge is 0.119 e. The lowest BCUT2D eigenvalue weighted by Gasteiger charge is -2.22. The monoisotopic (exact) mass is 309 g/mol. The zero-order chi connectivity index (χ0) is 15.7. The van der Waals surface area contributed by atoms with E-state index in [1.54, 1.807) is 0 Å². The summed E-state index contributed by atoms with van der Waals surface area (Å²) in [6, 6.07) is 18.9. The van der Waals surface area contributed by atoms with E-state index in [1.807, 2.05) is 18.2 Å². The molecule has 2 aromatic carbocycles. The summed E-state index contributed by atoms with van der Waals surface area (Å²) in [5, 5.41) is 3.44. The Bertz CT molecular complexity index is 558. The second-order valence-corrected chi connectivity index (χ2v) is 6.50. The van der Waals surface area contributed by atoms with Crippen LogP contribution in [0.4, 0.5) is 0 Å². The molecule has 3 rings (SSSR count). The van der Waals surface area contributed by atoms with Crippen LogP contribution >= 0.6 is 0 Å². The van der Waals surface area contributed by atoms with Crippen molar-refractivity contribution in [1.82, 2.24) is 5.32 Å². The molecule has 122 valence electrons. The van der Waals surface area contributed by atoms with Gasteiger partial charge in [-0.3, -0.25) is 0 Å². The van der Waals surface area contributed by atoms with Crippen LogP contribution in [0.15, 0.2) is 54.6 Å². The van der Waals surface area contributed by atoms with Gasteiger partial charge in [0.05, 0.1) is 0 Å². The van der Waals surface area contributed by atoms with Crippen molar-refractivity contribution in [3.8, 4) is 5.75 Å². The molecule has 1 aliphatic heterocycles. The number of piperidine rings is 1. The Morgan fingerprint density at radius 3 is 2.35 bits per heavy atom. The Morgan fingerprint density at radius 2 is 1.61 bits per heavy atom. The largest absolute Gasteiger partial charge is 0.489 e. The first-order chi connectivity index (χ1) is 11.4. The van der Waals surface area contributed by atoms with Crippen LogP contribution in [-0.2, 0) is 13.0 Å². The highest BCUT2D eigenvalue weighted by Crippen LogP contribution is 2.20. The molecule has 0 spiro atoms. The van der Waals surface area contributed by atoms with Crippen molar-refractivity contribution in [1.29, 1.82) is 0 Å². The van der Waals surface area contributed by atoms with Crippen LogP contribution in [0.2, 0.25) is 0 Å². The van der Waals surface area contributed by atoms with Gasteiger partial charge in [-0.15, -0.1) is 0 Å². The molecule has 1 aliphatic rings. The van der Waals surface area contributed by atoms with Crippen LogP contribution in [0.1, 0.15) is 36.8 Å². The Balaban J connectivity index is 1.40. The number of hydrogen-bond donors (Lipinski definition) is 1. The molecule has 23 heavy (non-hydrogen) atoms. The molecule has 1 saturated heterocycles. The fourth-order valence-electron chi connectivity index (χ4n) is 3.26. The van der Waals surface area contributed by atoms with Gasteiger partial charge in [-0.25, -0.2) is 0 Å². The second-order valence-electron chi connectivity index (χ2n) is 6.50. The van der Waals surface area contributed by atoms with Gasteiger partial charge in [0.25, 0.3) is 0 Å². The molecular formula is C21H27NO. The fourth-order valence-corrected chi connectivity index (χ4v) is 3.26. The highest BCUT2D eigenvalue weighted by atomic mass is 16.5. The van der Waals surface area contributed by atoms with Gasteiger partial charge in [-0.05, 0) is 68.0 Å². The molecule has 0 atom stereocenters. The van der Waals surface area contributed by atoms with Crippen LogP contribution in [-0.4, -0.2) is 13.1 Å². The summed E-state index contributed by atoms with van der Waals surface area (Å²) in [5.74, 6) is 1.89. The predicted octanol–water partition coefficient (Wildman–Crippen LogP) is 4.59. The molecule has 1 heterocycles. The van der Waals surface area contributed by atoms with E-state index in [9.17, 15) is 0 Å². The van der Waals surface area contributed by atoms with Gasteiger partial charge in [0, 0.05) is 0 Å². The number of ether oxygens (including phenoxy) is 1. The highest BCUT2D eigenvalue weighted by molar-refractivity contribution is 5.27. The summed E-state index contributed by atoms with van der Waals surface area (Å²) in [7, 11) is 0. The van der Waals surface area contributed by atoms with Gasteiger partial charge in [-0.2, -0.15) is 0 Å². The minimum Gasteiger partial charge on any atom is -0.489 e.